The molecule has 0 saturated carbocycles. The molecule has 0 aliphatic rings. The van der Waals surface area contributed by atoms with Crippen LogP contribution < -0.4 is 16.8 Å². The maximum Gasteiger partial charge on any atom is 0.332 e. The Hall–Kier alpha value is -4.01. The maximum atomic E-state index is 12.7. The number of para-hydroxylation sites is 1. The molecule has 3 heterocycles. The molecule has 0 amide bonds. The lowest BCUT2D eigenvalue weighted by molar-refractivity contribution is -0.145. The van der Waals surface area contributed by atoms with Crippen LogP contribution >= 0.6 is 0 Å². The largest absolute Gasteiger partial charge is 0.458 e. The van der Waals surface area contributed by atoms with Gasteiger partial charge in [-0.1, -0.05) is 18.2 Å². The first kappa shape index (κ1) is 20.3. The molecule has 0 spiro atoms. The molecule has 4 aromatic rings. The molecule has 0 N–H and O–H groups in total. The fourth-order valence-corrected chi connectivity index (χ4v) is 3.57. The Morgan fingerprint density at radius 1 is 1.03 bits per heavy atom. The van der Waals surface area contributed by atoms with Crippen molar-refractivity contribution >= 4 is 22.5 Å². The Bertz CT molecular complexity index is 1500. The summed E-state index contributed by atoms with van der Waals surface area (Å²) >= 11 is 0. The molecule has 9 heteroatoms. The van der Waals surface area contributed by atoms with Gasteiger partial charge in [0.25, 0.3) is 11.1 Å². The van der Waals surface area contributed by atoms with Crippen molar-refractivity contribution in [1.82, 2.24) is 18.5 Å². The van der Waals surface area contributed by atoms with Gasteiger partial charge in [-0.05, 0) is 38.1 Å². The Kier molecular flexibility index (Phi) is 5.24. The van der Waals surface area contributed by atoms with Crippen molar-refractivity contribution in [3.63, 3.8) is 0 Å². The summed E-state index contributed by atoms with van der Waals surface area (Å²) in [5.74, 6) is -0.681. The van der Waals surface area contributed by atoms with Gasteiger partial charge in [-0.25, -0.2) is 9.78 Å². The highest BCUT2D eigenvalue weighted by Crippen LogP contribution is 2.08. The molecule has 158 valence electrons. The van der Waals surface area contributed by atoms with Crippen molar-refractivity contribution in [3.8, 4) is 0 Å². The van der Waals surface area contributed by atoms with Gasteiger partial charge >= 0.3 is 11.7 Å². The van der Waals surface area contributed by atoms with Crippen LogP contribution in [0.2, 0.25) is 0 Å². The lowest BCUT2D eigenvalue weighted by Gasteiger charge is -2.13. The number of esters is 1. The number of carbonyl (C=O) groups excluding carboxylic acids is 1. The minimum Gasteiger partial charge on any atom is -0.458 e. The van der Waals surface area contributed by atoms with E-state index >= 15 is 0 Å². The smallest absolute Gasteiger partial charge is 0.332 e. The number of hydrogen-bond acceptors (Lipinski definition) is 6. The number of rotatable bonds is 5. The second-order valence-electron chi connectivity index (χ2n) is 7.04. The summed E-state index contributed by atoms with van der Waals surface area (Å²) in [6, 6.07) is 13.2. The average Bonchev–Trinajstić information content (AvgIpc) is 2.75. The van der Waals surface area contributed by atoms with Crippen molar-refractivity contribution in [2.45, 2.75) is 33.5 Å². The van der Waals surface area contributed by atoms with E-state index in [0.29, 0.717) is 22.2 Å². The standard InChI is InChI=1S/C22H20N4O5/c1-3-24-21(29)16-8-4-5-9-17(16)25(22(24)30)12-20(28)31-13-15-11-19(27)26-14(2)7-6-10-18(26)23-15/h4-11H,3,12-13H2,1-2H3. The molecule has 0 fully saturated rings. The predicted molar refractivity (Wildman–Crippen MR) is 114 cm³/mol. The lowest BCUT2D eigenvalue weighted by Crippen LogP contribution is -2.40. The van der Waals surface area contributed by atoms with E-state index in [1.54, 1.807) is 56.3 Å². The summed E-state index contributed by atoms with van der Waals surface area (Å²) in [7, 11) is 0. The van der Waals surface area contributed by atoms with Gasteiger partial charge in [-0.3, -0.25) is 27.9 Å². The van der Waals surface area contributed by atoms with E-state index in [1.807, 2.05) is 0 Å². The molecule has 0 bridgehead atoms. The van der Waals surface area contributed by atoms with Crippen LogP contribution in [-0.2, 0) is 29.2 Å². The number of hydrogen-bond donors (Lipinski definition) is 0. The highest BCUT2D eigenvalue weighted by molar-refractivity contribution is 5.80. The van der Waals surface area contributed by atoms with E-state index in [-0.39, 0.29) is 25.3 Å². The molecule has 0 radical (unpaired) electrons. The second-order valence-corrected chi connectivity index (χ2v) is 7.04. The number of carbonyl (C=O) groups is 1. The minimum atomic E-state index is -0.681. The number of fused-ring (bicyclic) bond motifs is 2. The fraction of sp³-hybridized carbons (Fsp3) is 0.227. The first-order valence-corrected chi connectivity index (χ1v) is 9.77. The topological polar surface area (TPSA) is 105 Å². The zero-order chi connectivity index (χ0) is 22.1. The second kappa shape index (κ2) is 8.02. The molecule has 0 saturated heterocycles. The summed E-state index contributed by atoms with van der Waals surface area (Å²) in [5.41, 5.74) is 0.610. The first-order valence-electron chi connectivity index (χ1n) is 9.77. The Morgan fingerprint density at radius 2 is 1.81 bits per heavy atom. The van der Waals surface area contributed by atoms with Gasteiger partial charge < -0.3 is 4.74 Å². The van der Waals surface area contributed by atoms with Crippen molar-refractivity contribution in [3.05, 3.63) is 91.1 Å². The highest BCUT2D eigenvalue weighted by Gasteiger charge is 2.15. The van der Waals surface area contributed by atoms with Gasteiger partial charge in [-0.2, -0.15) is 0 Å². The molecule has 0 aliphatic carbocycles. The summed E-state index contributed by atoms with van der Waals surface area (Å²) in [6.45, 7) is 3.09. The third kappa shape index (κ3) is 3.65. The van der Waals surface area contributed by atoms with Crippen LogP contribution in [0.1, 0.15) is 18.3 Å². The number of pyridine rings is 1. The summed E-state index contributed by atoms with van der Waals surface area (Å²) < 4.78 is 9.03. The number of ether oxygens (including phenoxy) is 1. The molecular weight excluding hydrogens is 400 g/mol. The number of benzene rings is 1. The molecule has 0 aliphatic heterocycles. The number of nitrogens with zero attached hydrogens (tertiary/aromatic N) is 4. The third-order valence-electron chi connectivity index (χ3n) is 5.05. The van der Waals surface area contributed by atoms with E-state index in [1.165, 1.54) is 15.0 Å². The maximum absolute atomic E-state index is 12.7. The SMILES string of the molecule is CCn1c(=O)c2ccccc2n(CC(=O)OCc2cc(=O)n3c(C)cccc3n2)c1=O. The molecule has 3 aromatic heterocycles. The molecule has 31 heavy (non-hydrogen) atoms. The van der Waals surface area contributed by atoms with Crippen LogP contribution in [-0.4, -0.2) is 24.5 Å². The zero-order valence-corrected chi connectivity index (χ0v) is 17.1. The molecule has 4 rings (SSSR count). The van der Waals surface area contributed by atoms with E-state index in [2.05, 4.69) is 4.98 Å². The number of aryl methyl sites for hydroxylation is 1. The van der Waals surface area contributed by atoms with Gasteiger partial charge in [0.15, 0.2) is 0 Å². The average molecular weight is 420 g/mol. The van der Waals surface area contributed by atoms with Crippen LogP contribution in [0.5, 0.6) is 0 Å². The van der Waals surface area contributed by atoms with Gasteiger partial charge in [0.05, 0.1) is 16.6 Å². The normalized spacial score (nSPS) is 11.2. The van der Waals surface area contributed by atoms with Crippen molar-refractivity contribution in [2.75, 3.05) is 0 Å². The van der Waals surface area contributed by atoms with Crippen molar-refractivity contribution in [2.24, 2.45) is 0 Å². The Morgan fingerprint density at radius 3 is 2.58 bits per heavy atom. The van der Waals surface area contributed by atoms with Gasteiger partial charge in [0, 0.05) is 18.3 Å². The van der Waals surface area contributed by atoms with E-state index in [0.717, 1.165) is 10.3 Å². The van der Waals surface area contributed by atoms with Crippen molar-refractivity contribution in [1.29, 1.82) is 0 Å². The molecule has 0 atom stereocenters. The summed E-state index contributed by atoms with van der Waals surface area (Å²) in [4.78, 5) is 54.4. The fourth-order valence-electron chi connectivity index (χ4n) is 3.57. The lowest BCUT2D eigenvalue weighted by atomic mass is 10.2. The zero-order valence-electron chi connectivity index (χ0n) is 17.1. The molecule has 0 unspecified atom stereocenters. The van der Waals surface area contributed by atoms with Crippen LogP contribution in [0.4, 0.5) is 0 Å². The highest BCUT2D eigenvalue weighted by atomic mass is 16.5. The minimum absolute atomic E-state index is 0.182. The van der Waals surface area contributed by atoms with Gasteiger partial charge in [0.2, 0.25) is 0 Å². The quantitative estimate of drug-likeness (QED) is 0.450. The van der Waals surface area contributed by atoms with Crippen LogP contribution in [0, 0.1) is 6.92 Å². The third-order valence-corrected chi connectivity index (χ3v) is 5.05. The molecule has 1 aromatic carbocycles. The Labute approximate surface area is 175 Å². The van der Waals surface area contributed by atoms with Gasteiger partial charge in [-0.15, -0.1) is 0 Å². The van der Waals surface area contributed by atoms with Crippen LogP contribution in [0.3, 0.4) is 0 Å². The molecule has 9 nitrogen and oxygen atoms in total. The predicted octanol–water partition coefficient (Wildman–Crippen LogP) is 1.24. The first-order chi connectivity index (χ1) is 14.9. The van der Waals surface area contributed by atoms with Gasteiger partial charge in [0.1, 0.15) is 18.8 Å². The Balaban J connectivity index is 1.61. The summed E-state index contributed by atoms with van der Waals surface area (Å²) in [6.07, 6.45) is 0. The van der Waals surface area contributed by atoms with Crippen molar-refractivity contribution < 1.29 is 9.53 Å². The van der Waals surface area contributed by atoms with E-state index in [9.17, 15) is 19.2 Å². The van der Waals surface area contributed by atoms with Crippen LogP contribution in [0.15, 0.2) is 62.9 Å². The van der Waals surface area contributed by atoms with E-state index < -0.39 is 17.2 Å². The monoisotopic (exact) mass is 420 g/mol. The molecular formula is C22H20N4O5. The van der Waals surface area contributed by atoms with E-state index in [4.69, 9.17) is 4.74 Å². The number of aromatic nitrogens is 4. The van der Waals surface area contributed by atoms with Crippen LogP contribution in [0.25, 0.3) is 16.6 Å². The summed E-state index contributed by atoms with van der Waals surface area (Å²) in [5, 5.41) is 0.344.